The van der Waals surface area contributed by atoms with E-state index in [1.165, 1.54) is 0 Å². The van der Waals surface area contributed by atoms with Gasteiger partial charge in [0, 0.05) is 6.54 Å². The smallest absolute Gasteiger partial charge is 0.231 e. The Labute approximate surface area is 125 Å². The molecule has 21 heavy (non-hydrogen) atoms. The summed E-state index contributed by atoms with van der Waals surface area (Å²) in [7, 11) is 4.24. The van der Waals surface area contributed by atoms with Crippen LogP contribution in [0.5, 0.6) is 0 Å². The van der Waals surface area contributed by atoms with E-state index in [4.69, 9.17) is 4.52 Å². The first-order valence-electron chi connectivity index (χ1n) is 7.57. The number of nitriles is 1. The molecule has 6 heteroatoms. The minimum atomic E-state index is -0.0509. The maximum Gasteiger partial charge on any atom is 0.231 e. The Morgan fingerprint density at radius 1 is 1.33 bits per heavy atom. The van der Waals surface area contributed by atoms with Crippen LogP contribution in [0.4, 0.5) is 0 Å². The van der Waals surface area contributed by atoms with Crippen LogP contribution in [0.2, 0.25) is 0 Å². The second kappa shape index (κ2) is 5.08. The Balaban J connectivity index is 1.80. The number of hydrogen-bond donors (Lipinski definition) is 0. The van der Waals surface area contributed by atoms with Gasteiger partial charge in [-0.25, -0.2) is 0 Å². The van der Waals surface area contributed by atoms with Gasteiger partial charge in [-0.2, -0.15) is 10.2 Å². The zero-order valence-electron chi connectivity index (χ0n) is 13.2. The van der Waals surface area contributed by atoms with Crippen LogP contribution in [0.1, 0.15) is 43.9 Å². The highest BCUT2D eigenvalue weighted by Gasteiger charge is 2.62. The van der Waals surface area contributed by atoms with Crippen molar-refractivity contribution < 1.29 is 4.52 Å². The average Bonchev–Trinajstić information content (AvgIpc) is 2.80. The van der Waals surface area contributed by atoms with Gasteiger partial charge in [0.2, 0.25) is 5.89 Å². The van der Waals surface area contributed by atoms with E-state index in [0.29, 0.717) is 5.89 Å². The SMILES string of the molecule is CN1CCCN(C)C(c2noc(C3C(C#N)C3(C)C)n2)C1. The summed E-state index contributed by atoms with van der Waals surface area (Å²) < 4.78 is 5.48. The molecule has 0 amide bonds. The summed E-state index contributed by atoms with van der Waals surface area (Å²) in [4.78, 5) is 9.22. The summed E-state index contributed by atoms with van der Waals surface area (Å²) in [6.45, 7) is 7.21. The lowest BCUT2D eigenvalue weighted by Crippen LogP contribution is -2.31. The van der Waals surface area contributed by atoms with Crippen LogP contribution in [0.3, 0.4) is 0 Å². The van der Waals surface area contributed by atoms with Gasteiger partial charge >= 0.3 is 0 Å². The monoisotopic (exact) mass is 289 g/mol. The maximum atomic E-state index is 9.19. The van der Waals surface area contributed by atoms with Gasteiger partial charge < -0.3 is 9.42 Å². The third-order valence-corrected chi connectivity index (χ3v) is 5.06. The Bertz CT molecular complexity index is 561. The molecule has 3 atom stereocenters. The molecule has 2 aliphatic rings. The molecule has 0 aromatic carbocycles. The molecule has 1 aliphatic carbocycles. The molecule has 1 aromatic heterocycles. The summed E-state index contributed by atoms with van der Waals surface area (Å²) in [5.74, 6) is 1.44. The van der Waals surface area contributed by atoms with Crippen LogP contribution in [0.15, 0.2) is 4.52 Å². The summed E-state index contributed by atoms with van der Waals surface area (Å²) in [6.07, 6.45) is 1.15. The second-order valence-corrected chi connectivity index (χ2v) is 7.01. The Morgan fingerprint density at radius 3 is 2.76 bits per heavy atom. The fraction of sp³-hybridized carbons (Fsp3) is 0.800. The quantitative estimate of drug-likeness (QED) is 0.824. The minimum absolute atomic E-state index is 0.0136. The molecule has 2 heterocycles. The summed E-state index contributed by atoms with van der Waals surface area (Å²) in [5, 5.41) is 13.4. The Kier molecular flexibility index (Phi) is 3.50. The highest BCUT2D eigenvalue weighted by atomic mass is 16.5. The first kappa shape index (κ1) is 14.5. The molecule has 1 saturated carbocycles. The normalized spacial score (nSPS) is 33.4. The van der Waals surface area contributed by atoms with Crippen molar-refractivity contribution in [2.45, 2.75) is 32.2 Å². The van der Waals surface area contributed by atoms with E-state index in [1.54, 1.807) is 0 Å². The van der Waals surface area contributed by atoms with Gasteiger partial charge in [0.15, 0.2) is 5.82 Å². The lowest BCUT2D eigenvalue weighted by molar-refractivity contribution is 0.214. The Hall–Kier alpha value is -1.45. The fourth-order valence-electron chi connectivity index (χ4n) is 3.40. The van der Waals surface area contributed by atoms with Crippen molar-refractivity contribution in [3.8, 4) is 6.07 Å². The topological polar surface area (TPSA) is 69.2 Å². The molecule has 0 bridgehead atoms. The third-order valence-electron chi connectivity index (χ3n) is 5.06. The minimum Gasteiger partial charge on any atom is -0.339 e. The highest BCUT2D eigenvalue weighted by Crippen LogP contribution is 2.63. The molecule has 0 radical (unpaired) electrons. The first-order chi connectivity index (χ1) is 9.95. The summed E-state index contributed by atoms with van der Waals surface area (Å²) in [6, 6.07) is 2.51. The number of nitrogens with zero attached hydrogens (tertiary/aromatic N) is 5. The first-order valence-corrected chi connectivity index (χ1v) is 7.57. The molecule has 3 rings (SSSR count). The van der Waals surface area contributed by atoms with Crippen LogP contribution >= 0.6 is 0 Å². The molecular formula is C15H23N5O. The van der Waals surface area contributed by atoms with Crippen molar-refractivity contribution in [1.82, 2.24) is 19.9 Å². The lowest BCUT2D eigenvalue weighted by atomic mass is 10.1. The fourth-order valence-corrected chi connectivity index (χ4v) is 3.40. The van der Waals surface area contributed by atoms with Crippen molar-refractivity contribution in [3.63, 3.8) is 0 Å². The van der Waals surface area contributed by atoms with Gasteiger partial charge in [-0.3, -0.25) is 4.90 Å². The zero-order valence-corrected chi connectivity index (χ0v) is 13.2. The number of likely N-dealkylation sites (N-methyl/N-ethyl adjacent to an activating group) is 2. The van der Waals surface area contributed by atoms with E-state index in [-0.39, 0.29) is 23.3 Å². The molecule has 0 spiro atoms. The number of rotatable bonds is 2. The van der Waals surface area contributed by atoms with Crippen molar-refractivity contribution in [1.29, 1.82) is 5.26 Å². The third kappa shape index (κ3) is 2.45. The highest BCUT2D eigenvalue weighted by molar-refractivity contribution is 5.26. The van der Waals surface area contributed by atoms with Gasteiger partial charge in [-0.15, -0.1) is 0 Å². The Morgan fingerprint density at radius 2 is 2.10 bits per heavy atom. The van der Waals surface area contributed by atoms with Crippen LogP contribution in [0, 0.1) is 22.7 Å². The molecule has 1 saturated heterocycles. The van der Waals surface area contributed by atoms with Gasteiger partial charge in [-0.1, -0.05) is 19.0 Å². The second-order valence-electron chi connectivity index (χ2n) is 7.01. The van der Waals surface area contributed by atoms with Crippen molar-refractivity contribution in [2.24, 2.45) is 11.3 Å². The van der Waals surface area contributed by atoms with Gasteiger partial charge in [0.05, 0.1) is 23.9 Å². The van der Waals surface area contributed by atoms with E-state index in [0.717, 1.165) is 31.9 Å². The van der Waals surface area contributed by atoms with Crippen molar-refractivity contribution in [2.75, 3.05) is 33.7 Å². The number of aromatic nitrogens is 2. The van der Waals surface area contributed by atoms with Crippen molar-refractivity contribution >= 4 is 0 Å². The van der Waals surface area contributed by atoms with Gasteiger partial charge in [0.25, 0.3) is 0 Å². The molecule has 2 fully saturated rings. The molecule has 1 aliphatic heterocycles. The van der Waals surface area contributed by atoms with E-state index in [9.17, 15) is 5.26 Å². The van der Waals surface area contributed by atoms with Gasteiger partial charge in [0.1, 0.15) is 0 Å². The standard InChI is InChI=1S/C15H23N5O/c1-15(2)10(8-16)12(15)14-17-13(18-21-14)11-9-19(3)6-5-7-20(11)4/h10-12H,5-7,9H2,1-4H3. The maximum absolute atomic E-state index is 9.19. The van der Waals surface area contributed by atoms with Crippen molar-refractivity contribution in [3.05, 3.63) is 11.7 Å². The number of hydrogen-bond acceptors (Lipinski definition) is 6. The van der Waals surface area contributed by atoms with Crippen LogP contribution in [-0.4, -0.2) is 53.7 Å². The van der Waals surface area contributed by atoms with Crippen LogP contribution in [0.25, 0.3) is 0 Å². The molecule has 3 unspecified atom stereocenters. The molecular weight excluding hydrogens is 266 g/mol. The predicted octanol–water partition coefficient (Wildman–Crippen LogP) is 1.64. The molecule has 0 N–H and O–H groups in total. The van der Waals surface area contributed by atoms with Crippen LogP contribution in [-0.2, 0) is 0 Å². The molecule has 114 valence electrons. The molecule has 6 nitrogen and oxygen atoms in total. The van der Waals surface area contributed by atoms with E-state index >= 15 is 0 Å². The van der Waals surface area contributed by atoms with Gasteiger partial charge in [-0.05, 0) is 39.0 Å². The van der Waals surface area contributed by atoms with E-state index in [2.05, 4.69) is 54.0 Å². The lowest BCUT2D eigenvalue weighted by Gasteiger charge is -2.24. The van der Waals surface area contributed by atoms with E-state index in [1.807, 2.05) is 0 Å². The molecule has 1 aromatic rings. The summed E-state index contributed by atoms with van der Waals surface area (Å²) in [5.41, 5.74) is -0.0509. The zero-order chi connectivity index (χ0) is 15.2. The van der Waals surface area contributed by atoms with Crippen LogP contribution < -0.4 is 0 Å². The summed E-state index contributed by atoms with van der Waals surface area (Å²) >= 11 is 0. The average molecular weight is 289 g/mol. The predicted molar refractivity (Wildman–Crippen MR) is 77.4 cm³/mol. The van der Waals surface area contributed by atoms with E-state index < -0.39 is 0 Å². The largest absolute Gasteiger partial charge is 0.339 e.